The minimum Gasteiger partial charge on any atom is -0.428 e. The zero-order chi connectivity index (χ0) is 23.9. The molecule has 1 aliphatic carbocycles. The van der Waals surface area contributed by atoms with Crippen LogP contribution in [0.5, 0.6) is 0 Å². The molecule has 2 unspecified atom stereocenters. The molecular formula is C25H26ClN7O2. The third kappa shape index (κ3) is 4.03. The molecule has 1 amide bonds. The van der Waals surface area contributed by atoms with Gasteiger partial charge in [-0.05, 0) is 38.0 Å². The summed E-state index contributed by atoms with van der Waals surface area (Å²) in [4.78, 5) is 31.6. The highest BCUT2D eigenvalue weighted by Crippen LogP contribution is 2.32. The maximum atomic E-state index is 14.1. The molecule has 10 heteroatoms. The summed E-state index contributed by atoms with van der Waals surface area (Å²) in [6, 6.07) is 2.24. The van der Waals surface area contributed by atoms with Crippen molar-refractivity contribution in [2.45, 2.75) is 38.3 Å². The Kier molecular flexibility index (Phi) is 5.64. The number of nitrogens with zero attached hydrogens (tertiary/aromatic N) is 7. The second-order valence-corrected chi connectivity index (χ2v) is 9.67. The molecule has 3 aliphatic heterocycles. The number of aryl methyl sites for hydroxylation is 1. The van der Waals surface area contributed by atoms with Crippen molar-refractivity contribution >= 4 is 35.3 Å². The first kappa shape index (κ1) is 22.0. The predicted molar refractivity (Wildman–Crippen MR) is 133 cm³/mol. The first-order valence-corrected chi connectivity index (χ1v) is 12.4. The normalized spacial score (nSPS) is 25.7. The molecule has 6 rings (SSSR count). The Balaban J connectivity index is 1.24. The Hall–Kier alpha value is -3.46. The second kappa shape index (κ2) is 8.96. The van der Waals surface area contributed by atoms with Crippen molar-refractivity contribution < 1.29 is 9.21 Å². The number of fused-ring (bicyclic) bond motifs is 2. The van der Waals surface area contributed by atoms with E-state index >= 15 is 0 Å². The number of aromatic nitrogens is 3. The maximum absolute atomic E-state index is 14.1. The van der Waals surface area contributed by atoms with Gasteiger partial charge < -0.3 is 14.2 Å². The number of rotatable bonds is 3. The smallest absolute Gasteiger partial charge is 0.298 e. The van der Waals surface area contributed by atoms with E-state index in [1.807, 2.05) is 40.4 Å². The molecule has 1 fully saturated rings. The number of hydrazone groups is 1. The molecule has 0 radical (unpaired) electrons. The van der Waals surface area contributed by atoms with Crippen LogP contribution in [0.1, 0.15) is 37.0 Å². The summed E-state index contributed by atoms with van der Waals surface area (Å²) < 4.78 is 6.07. The molecule has 4 aliphatic rings. The van der Waals surface area contributed by atoms with Crippen molar-refractivity contribution in [1.29, 1.82) is 0 Å². The molecule has 35 heavy (non-hydrogen) atoms. The van der Waals surface area contributed by atoms with E-state index in [4.69, 9.17) is 21.1 Å². The highest BCUT2D eigenvalue weighted by Gasteiger charge is 2.45. The van der Waals surface area contributed by atoms with Crippen molar-refractivity contribution in [1.82, 2.24) is 24.9 Å². The molecular weight excluding hydrogens is 466 g/mol. The Morgan fingerprint density at radius 1 is 1.14 bits per heavy atom. The number of carbonyl (C=O) groups is 1. The Morgan fingerprint density at radius 2 is 2.00 bits per heavy atom. The van der Waals surface area contributed by atoms with Crippen molar-refractivity contribution in [2.75, 3.05) is 24.5 Å². The van der Waals surface area contributed by atoms with Gasteiger partial charge in [0.2, 0.25) is 5.91 Å². The van der Waals surface area contributed by atoms with Crippen LogP contribution >= 0.6 is 11.6 Å². The van der Waals surface area contributed by atoms with Crippen LogP contribution in [-0.2, 0) is 11.2 Å². The quantitative estimate of drug-likeness (QED) is 0.651. The Bertz CT molecular complexity index is 1250. The van der Waals surface area contributed by atoms with E-state index in [2.05, 4.69) is 26.8 Å². The SMILES string of the molecule is C[C@@H]1CCN(c2nc3c(o2)CCC(Cl)=C3)CCN1C(=O)C1C(c2ncccn2)=NN2C=CC=CC12. The summed E-state index contributed by atoms with van der Waals surface area (Å²) in [7, 11) is 0. The number of hydrogen-bond donors (Lipinski definition) is 0. The Morgan fingerprint density at radius 3 is 2.86 bits per heavy atom. The minimum absolute atomic E-state index is 0.0411. The molecule has 0 bridgehead atoms. The molecule has 1 saturated heterocycles. The van der Waals surface area contributed by atoms with Crippen LogP contribution in [-0.4, -0.2) is 68.2 Å². The fourth-order valence-electron chi connectivity index (χ4n) is 5.08. The van der Waals surface area contributed by atoms with Gasteiger partial charge >= 0.3 is 0 Å². The van der Waals surface area contributed by atoms with Gasteiger partial charge in [-0.15, -0.1) is 0 Å². The molecule has 9 nitrogen and oxygen atoms in total. The van der Waals surface area contributed by atoms with Crippen LogP contribution in [0.15, 0.2) is 57.4 Å². The van der Waals surface area contributed by atoms with Crippen LogP contribution in [0, 0.1) is 5.92 Å². The van der Waals surface area contributed by atoms with E-state index in [0.717, 1.165) is 42.3 Å². The van der Waals surface area contributed by atoms with Gasteiger partial charge in [0.15, 0.2) is 5.82 Å². The lowest BCUT2D eigenvalue weighted by atomic mass is 9.91. The van der Waals surface area contributed by atoms with Gasteiger partial charge in [0.25, 0.3) is 6.01 Å². The number of anilines is 1. The molecule has 180 valence electrons. The lowest BCUT2D eigenvalue weighted by Crippen LogP contribution is -2.49. The maximum Gasteiger partial charge on any atom is 0.298 e. The molecule has 2 aromatic heterocycles. The van der Waals surface area contributed by atoms with Gasteiger partial charge in [0.05, 0.1) is 6.04 Å². The zero-order valence-electron chi connectivity index (χ0n) is 19.4. The van der Waals surface area contributed by atoms with Crippen molar-refractivity contribution in [3.05, 3.63) is 65.2 Å². The van der Waals surface area contributed by atoms with E-state index < -0.39 is 5.92 Å². The molecule has 0 N–H and O–H groups in total. The summed E-state index contributed by atoms with van der Waals surface area (Å²) in [5.74, 6) is 0.929. The number of amides is 1. The van der Waals surface area contributed by atoms with Crippen LogP contribution in [0.2, 0.25) is 0 Å². The first-order chi connectivity index (χ1) is 17.1. The average Bonchev–Trinajstić information content (AvgIpc) is 3.41. The van der Waals surface area contributed by atoms with E-state index in [1.165, 1.54) is 0 Å². The van der Waals surface area contributed by atoms with Crippen molar-refractivity contribution in [2.24, 2.45) is 11.0 Å². The number of oxazole rings is 1. The minimum atomic E-state index is -0.478. The average molecular weight is 492 g/mol. The van der Waals surface area contributed by atoms with Crippen LogP contribution < -0.4 is 4.90 Å². The van der Waals surface area contributed by atoms with Crippen LogP contribution in [0.3, 0.4) is 0 Å². The molecule has 0 spiro atoms. The fraction of sp³-hybridized carbons (Fsp3) is 0.400. The summed E-state index contributed by atoms with van der Waals surface area (Å²) >= 11 is 6.20. The largest absolute Gasteiger partial charge is 0.428 e. The zero-order valence-corrected chi connectivity index (χ0v) is 20.2. The van der Waals surface area contributed by atoms with Crippen molar-refractivity contribution in [3.63, 3.8) is 0 Å². The van der Waals surface area contributed by atoms with E-state index in [9.17, 15) is 4.79 Å². The summed E-state index contributed by atoms with van der Waals surface area (Å²) in [5.41, 5.74) is 1.42. The molecule has 2 aromatic rings. The standard InChI is InChI=1S/C25H26ClN7O2/c1-16-8-12-31(25-29-18-15-17(26)6-7-20(18)35-25)13-14-32(16)24(34)21-19-5-2-3-11-33(19)30-22(21)23-27-9-4-10-28-23/h2-5,9-11,15-16,19,21H,6-8,12-14H2,1H3/t16-,19?,21?/m1/s1. The van der Waals surface area contributed by atoms with Gasteiger partial charge in [0.1, 0.15) is 23.1 Å². The second-order valence-electron chi connectivity index (χ2n) is 9.18. The fourth-order valence-corrected chi connectivity index (χ4v) is 5.28. The first-order valence-electron chi connectivity index (χ1n) is 12.0. The summed E-state index contributed by atoms with van der Waals surface area (Å²) in [5, 5.41) is 7.35. The topological polar surface area (TPSA) is 91.0 Å². The molecule has 0 saturated carbocycles. The molecule has 3 atom stereocenters. The molecule has 5 heterocycles. The monoisotopic (exact) mass is 491 g/mol. The number of carbonyl (C=O) groups excluding carboxylic acids is 1. The van der Waals surface area contributed by atoms with Gasteiger partial charge in [-0.25, -0.2) is 9.97 Å². The van der Waals surface area contributed by atoms with E-state index in [-0.39, 0.29) is 18.0 Å². The van der Waals surface area contributed by atoms with Crippen LogP contribution in [0.4, 0.5) is 6.01 Å². The van der Waals surface area contributed by atoms with E-state index in [1.54, 1.807) is 18.5 Å². The third-order valence-corrected chi connectivity index (χ3v) is 7.30. The highest BCUT2D eigenvalue weighted by atomic mass is 35.5. The van der Waals surface area contributed by atoms with Gasteiger partial charge in [-0.2, -0.15) is 10.1 Å². The van der Waals surface area contributed by atoms with Gasteiger partial charge in [0, 0.05) is 55.7 Å². The molecule has 0 aromatic carbocycles. The summed E-state index contributed by atoms with van der Waals surface area (Å²) in [6.07, 6.45) is 15.4. The number of allylic oxidation sites excluding steroid dienone is 3. The summed E-state index contributed by atoms with van der Waals surface area (Å²) in [6.45, 7) is 4.06. The van der Waals surface area contributed by atoms with E-state index in [0.29, 0.717) is 30.6 Å². The van der Waals surface area contributed by atoms with Gasteiger partial charge in [-0.3, -0.25) is 9.80 Å². The lowest BCUT2D eigenvalue weighted by Gasteiger charge is -2.32. The van der Waals surface area contributed by atoms with Crippen LogP contribution in [0.25, 0.3) is 6.08 Å². The Labute approximate surface area is 208 Å². The predicted octanol–water partition coefficient (Wildman–Crippen LogP) is 3.21. The number of hydrogen-bond acceptors (Lipinski definition) is 8. The third-order valence-electron chi connectivity index (χ3n) is 7.00. The van der Waals surface area contributed by atoms with Crippen molar-refractivity contribution in [3.8, 4) is 0 Å². The lowest BCUT2D eigenvalue weighted by molar-refractivity contribution is -0.135. The van der Waals surface area contributed by atoms with Gasteiger partial charge in [-0.1, -0.05) is 23.8 Å². The number of halogens is 1. The highest BCUT2D eigenvalue weighted by molar-refractivity contribution is 6.31.